The largest absolute Gasteiger partial charge is 0.357 e. The molecule has 1 aromatic rings. The highest BCUT2D eigenvalue weighted by Gasteiger charge is 1.96. The maximum absolute atomic E-state index is 10.1. The van der Waals surface area contributed by atoms with E-state index in [0.29, 0.717) is 5.69 Å². The first-order valence-corrected chi connectivity index (χ1v) is 2.20. The summed E-state index contributed by atoms with van der Waals surface area (Å²) in [5.41, 5.74) is 6.90. The van der Waals surface area contributed by atoms with Gasteiger partial charge >= 0.3 is 0 Å². The van der Waals surface area contributed by atoms with Gasteiger partial charge in [-0.1, -0.05) is 0 Å². The zero-order chi connectivity index (χ0) is 5.98. The van der Waals surface area contributed by atoms with E-state index in [-0.39, 0.29) is 0 Å². The summed E-state index contributed by atoms with van der Waals surface area (Å²) >= 11 is 0. The molecule has 1 amide bonds. The van der Waals surface area contributed by atoms with Crippen molar-refractivity contribution in [2.45, 2.75) is 0 Å². The molecule has 0 atom stereocenters. The smallest absolute Gasteiger partial charge is 0.286 e. The average molecular weight is 109 g/mol. The summed E-state index contributed by atoms with van der Waals surface area (Å²) in [4.78, 5) is 12.7. The number of amides is 1. The molecule has 41 valence electrons. The van der Waals surface area contributed by atoms with Gasteiger partial charge in [-0.15, -0.1) is 0 Å². The third-order valence-corrected chi connectivity index (χ3v) is 0.843. The van der Waals surface area contributed by atoms with E-state index >= 15 is 0 Å². The predicted molar refractivity (Wildman–Crippen MR) is 28.2 cm³/mol. The second-order valence-electron chi connectivity index (χ2n) is 1.41. The number of carbonyl (C=O) groups excluding carboxylic acids is 1. The minimum Gasteiger partial charge on any atom is -0.357 e. The number of H-pyrrole nitrogens is 1. The molecule has 0 aromatic carbocycles. The Hall–Kier alpha value is -1.25. The van der Waals surface area contributed by atoms with Crippen LogP contribution in [0.5, 0.6) is 0 Å². The Kier molecular flexibility index (Phi) is 1.04. The maximum Gasteiger partial charge on any atom is 0.286 e. The van der Waals surface area contributed by atoms with Crippen LogP contribution in [-0.2, 0) is 0 Å². The van der Waals surface area contributed by atoms with E-state index in [1.54, 1.807) is 18.3 Å². The Labute approximate surface area is 46.5 Å². The molecule has 3 nitrogen and oxygen atoms in total. The molecule has 0 bridgehead atoms. The van der Waals surface area contributed by atoms with Crippen LogP contribution in [0.3, 0.4) is 0 Å². The number of hydrogen-bond donors (Lipinski definition) is 1. The Morgan fingerprint density at radius 3 is 2.75 bits per heavy atom. The second kappa shape index (κ2) is 1.69. The van der Waals surface area contributed by atoms with E-state index in [0.717, 1.165) is 0 Å². The molecule has 0 spiro atoms. The number of rotatable bonds is 1. The Balaban J connectivity index is 2.93. The van der Waals surface area contributed by atoms with Gasteiger partial charge in [-0.2, -0.15) is 0 Å². The van der Waals surface area contributed by atoms with Crippen LogP contribution in [0.15, 0.2) is 18.3 Å². The second-order valence-corrected chi connectivity index (χ2v) is 1.41. The lowest BCUT2D eigenvalue weighted by atomic mass is 10.4. The molecular weight excluding hydrogens is 104 g/mol. The van der Waals surface area contributed by atoms with Gasteiger partial charge in [0.1, 0.15) is 5.69 Å². The van der Waals surface area contributed by atoms with Crippen molar-refractivity contribution in [2.75, 3.05) is 0 Å². The summed E-state index contributed by atoms with van der Waals surface area (Å²) in [7, 11) is 0. The molecule has 0 saturated heterocycles. The van der Waals surface area contributed by atoms with E-state index in [9.17, 15) is 4.79 Å². The van der Waals surface area contributed by atoms with Crippen molar-refractivity contribution >= 4 is 5.91 Å². The van der Waals surface area contributed by atoms with Crippen LogP contribution < -0.4 is 5.73 Å². The van der Waals surface area contributed by atoms with Gasteiger partial charge in [-0.3, -0.25) is 10.5 Å². The average Bonchev–Trinajstić information content (AvgIpc) is 2.12. The van der Waals surface area contributed by atoms with E-state index in [2.05, 4.69) is 4.98 Å². The molecular formula is C5H5N2O. The number of nitrogens with one attached hydrogen (secondary N) is 2. The summed E-state index contributed by atoms with van der Waals surface area (Å²) in [6.45, 7) is 0. The highest BCUT2D eigenvalue weighted by molar-refractivity contribution is 5.90. The standard InChI is InChI=1S/C5H5N2O/c6-5(8)4-2-1-3-7-4/h1-3,6-7H. The van der Waals surface area contributed by atoms with E-state index in [1.165, 1.54) is 0 Å². The molecule has 1 radical (unpaired) electrons. The van der Waals surface area contributed by atoms with Gasteiger partial charge in [-0.05, 0) is 12.1 Å². The van der Waals surface area contributed by atoms with Crippen LogP contribution in [0.2, 0.25) is 0 Å². The third kappa shape index (κ3) is 0.703. The molecule has 8 heavy (non-hydrogen) atoms. The van der Waals surface area contributed by atoms with Gasteiger partial charge in [0.05, 0.1) is 0 Å². The molecule has 0 aliphatic carbocycles. The van der Waals surface area contributed by atoms with Gasteiger partial charge in [0, 0.05) is 6.20 Å². The Morgan fingerprint density at radius 2 is 2.50 bits per heavy atom. The Morgan fingerprint density at radius 1 is 1.75 bits per heavy atom. The highest BCUT2D eigenvalue weighted by Crippen LogP contribution is 1.90. The molecule has 2 N–H and O–H groups in total. The Bertz CT molecular complexity index is 178. The summed E-state index contributed by atoms with van der Waals surface area (Å²) in [5.74, 6) is -0.671. The van der Waals surface area contributed by atoms with Crippen LogP contribution >= 0.6 is 0 Å². The van der Waals surface area contributed by atoms with Crippen LogP contribution in [0.1, 0.15) is 10.5 Å². The normalized spacial score (nSPS) is 9.00. The quantitative estimate of drug-likeness (QED) is 0.558. The molecule has 0 aliphatic heterocycles. The van der Waals surface area contributed by atoms with Crippen molar-refractivity contribution in [2.24, 2.45) is 0 Å². The predicted octanol–water partition coefficient (Wildman–Crippen LogP) is 0.438. The first kappa shape index (κ1) is 4.90. The van der Waals surface area contributed by atoms with Crippen molar-refractivity contribution in [3.05, 3.63) is 24.0 Å². The first-order valence-electron chi connectivity index (χ1n) is 2.20. The zero-order valence-electron chi connectivity index (χ0n) is 4.14. The van der Waals surface area contributed by atoms with E-state index in [1.807, 2.05) is 0 Å². The number of aromatic amines is 1. The van der Waals surface area contributed by atoms with E-state index < -0.39 is 5.91 Å². The van der Waals surface area contributed by atoms with Crippen LogP contribution in [0, 0.1) is 0 Å². The van der Waals surface area contributed by atoms with Crippen LogP contribution in [-0.4, -0.2) is 10.9 Å². The van der Waals surface area contributed by atoms with Crippen LogP contribution in [0.4, 0.5) is 0 Å². The molecule has 1 heterocycles. The molecule has 1 aromatic heterocycles. The minimum absolute atomic E-state index is 0.338. The molecule has 0 saturated carbocycles. The fraction of sp³-hybridized carbons (Fsp3) is 0. The lowest BCUT2D eigenvalue weighted by Gasteiger charge is -1.80. The van der Waals surface area contributed by atoms with Crippen molar-refractivity contribution < 1.29 is 4.79 Å². The van der Waals surface area contributed by atoms with Crippen molar-refractivity contribution in [3.63, 3.8) is 0 Å². The fourth-order valence-electron chi connectivity index (χ4n) is 0.472. The van der Waals surface area contributed by atoms with Gasteiger partial charge in [0.25, 0.3) is 5.91 Å². The van der Waals surface area contributed by atoms with Gasteiger partial charge in [0.15, 0.2) is 0 Å². The number of hydrogen-bond acceptors (Lipinski definition) is 1. The number of aromatic nitrogens is 1. The summed E-state index contributed by atoms with van der Waals surface area (Å²) in [6, 6.07) is 3.25. The monoisotopic (exact) mass is 109 g/mol. The highest BCUT2D eigenvalue weighted by atomic mass is 16.1. The summed E-state index contributed by atoms with van der Waals surface area (Å²) in [5, 5.41) is 0. The minimum atomic E-state index is -0.671. The maximum atomic E-state index is 10.1. The zero-order valence-corrected chi connectivity index (χ0v) is 4.14. The first-order chi connectivity index (χ1) is 3.80. The molecule has 1 rings (SSSR count). The fourth-order valence-corrected chi connectivity index (χ4v) is 0.472. The SMILES string of the molecule is [NH]C(=O)c1ccc[nH]1. The molecule has 3 heteroatoms. The third-order valence-electron chi connectivity index (χ3n) is 0.843. The molecule has 0 aliphatic rings. The molecule has 0 fully saturated rings. The topological polar surface area (TPSA) is 56.7 Å². The van der Waals surface area contributed by atoms with E-state index in [4.69, 9.17) is 5.73 Å². The lowest BCUT2D eigenvalue weighted by Crippen LogP contribution is -1.97. The van der Waals surface area contributed by atoms with Crippen molar-refractivity contribution in [1.29, 1.82) is 0 Å². The van der Waals surface area contributed by atoms with Gasteiger partial charge in [-0.25, -0.2) is 0 Å². The van der Waals surface area contributed by atoms with Crippen molar-refractivity contribution in [1.82, 2.24) is 10.7 Å². The molecule has 0 unspecified atom stereocenters. The van der Waals surface area contributed by atoms with Crippen molar-refractivity contribution in [3.8, 4) is 0 Å². The van der Waals surface area contributed by atoms with Gasteiger partial charge < -0.3 is 4.98 Å². The summed E-state index contributed by atoms with van der Waals surface area (Å²) < 4.78 is 0. The van der Waals surface area contributed by atoms with Gasteiger partial charge in [0.2, 0.25) is 0 Å². The number of carbonyl (C=O) groups is 1. The lowest BCUT2D eigenvalue weighted by molar-refractivity contribution is 0.0988. The van der Waals surface area contributed by atoms with Crippen LogP contribution in [0.25, 0.3) is 0 Å². The summed E-state index contributed by atoms with van der Waals surface area (Å²) in [6.07, 6.45) is 1.61.